The molecule has 0 heterocycles. The van der Waals surface area contributed by atoms with E-state index in [0.717, 1.165) is 6.07 Å². The molecule has 0 saturated heterocycles. The van der Waals surface area contributed by atoms with E-state index in [4.69, 9.17) is 0 Å². The summed E-state index contributed by atoms with van der Waals surface area (Å²) in [4.78, 5) is 10.1. The Kier molecular flexibility index (Phi) is 3.64. The topological polar surface area (TPSA) is 37.3 Å². The van der Waals surface area contributed by atoms with Gasteiger partial charge in [0.2, 0.25) is 0 Å². The van der Waals surface area contributed by atoms with Crippen molar-refractivity contribution >= 4 is 6.29 Å². The third-order valence-corrected chi connectivity index (χ3v) is 2.00. The average Bonchev–Trinajstić information content (AvgIpc) is 2.16. The Hall–Kier alpha value is -1.43. The number of hydrogen-bond donors (Lipinski definition) is 1. The van der Waals surface area contributed by atoms with Crippen LogP contribution < -0.4 is 0 Å². The van der Waals surface area contributed by atoms with Crippen LogP contribution in [0.1, 0.15) is 23.7 Å². The Bertz CT molecular complexity index is 387. The van der Waals surface area contributed by atoms with Gasteiger partial charge >= 0.3 is 6.18 Å². The lowest BCUT2D eigenvalue weighted by Crippen LogP contribution is -2.10. The van der Waals surface area contributed by atoms with Crippen molar-refractivity contribution in [2.45, 2.75) is 18.7 Å². The summed E-state index contributed by atoms with van der Waals surface area (Å²) in [6, 6.07) is 2.13. The third-order valence-electron chi connectivity index (χ3n) is 2.00. The van der Waals surface area contributed by atoms with Crippen LogP contribution in [0.5, 0.6) is 0 Å². The predicted molar refractivity (Wildman–Crippen MR) is 47.0 cm³/mol. The zero-order valence-corrected chi connectivity index (χ0v) is 7.96. The molecule has 16 heavy (non-hydrogen) atoms. The highest BCUT2D eigenvalue weighted by atomic mass is 19.4. The van der Waals surface area contributed by atoms with Gasteiger partial charge in [-0.25, -0.2) is 4.39 Å². The van der Waals surface area contributed by atoms with Gasteiger partial charge in [-0.2, -0.15) is 13.2 Å². The van der Waals surface area contributed by atoms with Gasteiger partial charge in [0.1, 0.15) is 12.1 Å². The lowest BCUT2D eigenvalue weighted by Gasteiger charge is -2.12. The van der Waals surface area contributed by atoms with E-state index in [1.165, 1.54) is 0 Å². The van der Waals surface area contributed by atoms with E-state index >= 15 is 0 Å². The predicted octanol–water partition coefficient (Wildman–Crippen LogP) is 2.47. The summed E-state index contributed by atoms with van der Waals surface area (Å²) >= 11 is 0. The number of hydrogen-bond acceptors (Lipinski definition) is 2. The van der Waals surface area contributed by atoms with Crippen LogP contribution in [0.15, 0.2) is 18.2 Å². The molecular weight excluding hydrogens is 228 g/mol. The van der Waals surface area contributed by atoms with E-state index in [9.17, 15) is 27.5 Å². The first-order valence-electron chi connectivity index (χ1n) is 4.34. The van der Waals surface area contributed by atoms with Crippen molar-refractivity contribution in [3.63, 3.8) is 0 Å². The first-order chi connectivity index (χ1) is 7.36. The van der Waals surface area contributed by atoms with Gasteiger partial charge in [0.05, 0.1) is 11.7 Å². The molecule has 0 bridgehead atoms. The number of carbonyl (C=O) groups excluding carboxylic acids is 1. The summed E-state index contributed by atoms with van der Waals surface area (Å²) in [5.41, 5.74) is -1.59. The minimum Gasteiger partial charge on any atom is -0.388 e. The maximum atomic E-state index is 12.8. The van der Waals surface area contributed by atoms with Crippen molar-refractivity contribution in [2.75, 3.05) is 0 Å². The number of rotatable bonds is 3. The lowest BCUT2D eigenvalue weighted by molar-refractivity contribution is -0.140. The van der Waals surface area contributed by atoms with Crippen molar-refractivity contribution in [3.05, 3.63) is 35.1 Å². The minimum atomic E-state index is -4.82. The second-order valence-corrected chi connectivity index (χ2v) is 3.16. The third kappa shape index (κ3) is 2.79. The van der Waals surface area contributed by atoms with Gasteiger partial charge < -0.3 is 9.90 Å². The summed E-state index contributed by atoms with van der Waals surface area (Å²) in [5.74, 6) is -1.41. The van der Waals surface area contributed by atoms with Crippen molar-refractivity contribution in [1.82, 2.24) is 0 Å². The number of halogens is 4. The summed E-state index contributed by atoms with van der Waals surface area (Å²) in [7, 11) is 0. The zero-order valence-electron chi connectivity index (χ0n) is 7.96. The molecule has 0 fully saturated rings. The van der Waals surface area contributed by atoms with Crippen LogP contribution >= 0.6 is 0 Å². The quantitative estimate of drug-likeness (QED) is 0.646. The Morgan fingerprint density at radius 1 is 1.38 bits per heavy atom. The smallest absolute Gasteiger partial charge is 0.388 e. The van der Waals surface area contributed by atoms with Gasteiger partial charge in [-0.05, 0) is 17.7 Å². The fraction of sp³-hybridized carbons (Fsp3) is 0.300. The van der Waals surface area contributed by atoms with Gasteiger partial charge in [-0.1, -0.05) is 6.07 Å². The molecular formula is C10H8F4O2. The number of aliphatic hydroxyl groups is 1. The molecule has 0 amide bonds. The average molecular weight is 236 g/mol. The summed E-state index contributed by atoms with van der Waals surface area (Å²) in [6.07, 6.45) is -6.12. The Morgan fingerprint density at radius 3 is 2.50 bits per heavy atom. The van der Waals surface area contributed by atoms with E-state index in [1.54, 1.807) is 0 Å². The molecule has 1 N–H and O–H groups in total. The number of carbonyl (C=O) groups is 1. The van der Waals surface area contributed by atoms with Crippen LogP contribution in [-0.2, 0) is 11.0 Å². The molecule has 0 aliphatic rings. The molecule has 0 spiro atoms. The number of alkyl halides is 3. The van der Waals surface area contributed by atoms with Crippen molar-refractivity contribution in [1.29, 1.82) is 0 Å². The highest BCUT2D eigenvalue weighted by Crippen LogP contribution is 2.33. The molecule has 1 atom stereocenters. The molecule has 88 valence electrons. The molecule has 2 nitrogen and oxygen atoms in total. The van der Waals surface area contributed by atoms with Crippen LogP contribution in [0, 0.1) is 5.82 Å². The van der Waals surface area contributed by atoms with E-state index < -0.39 is 23.7 Å². The maximum Gasteiger partial charge on any atom is 0.419 e. The molecule has 0 aliphatic heterocycles. The molecule has 0 radical (unpaired) electrons. The number of aliphatic hydroxyl groups excluding tert-OH is 1. The number of aldehydes is 1. The van der Waals surface area contributed by atoms with E-state index in [0.29, 0.717) is 18.4 Å². The normalized spacial score (nSPS) is 13.6. The highest BCUT2D eigenvalue weighted by Gasteiger charge is 2.34. The molecule has 0 aliphatic carbocycles. The Morgan fingerprint density at radius 2 is 2.00 bits per heavy atom. The van der Waals surface area contributed by atoms with Gasteiger partial charge in [0.25, 0.3) is 0 Å². The second-order valence-electron chi connectivity index (χ2n) is 3.16. The van der Waals surface area contributed by atoms with Crippen LogP contribution in [0.4, 0.5) is 17.6 Å². The largest absolute Gasteiger partial charge is 0.419 e. The first-order valence-corrected chi connectivity index (χ1v) is 4.34. The monoisotopic (exact) mass is 236 g/mol. The van der Waals surface area contributed by atoms with Crippen molar-refractivity contribution < 1.29 is 27.5 Å². The van der Waals surface area contributed by atoms with Gasteiger partial charge in [-0.3, -0.25) is 0 Å². The van der Waals surface area contributed by atoms with E-state index in [-0.39, 0.29) is 12.0 Å². The van der Waals surface area contributed by atoms with Crippen LogP contribution in [0.25, 0.3) is 0 Å². The lowest BCUT2D eigenvalue weighted by atomic mass is 10.0. The molecule has 1 aromatic carbocycles. The summed E-state index contributed by atoms with van der Waals surface area (Å²) in [5, 5.41) is 9.28. The fourth-order valence-electron chi connectivity index (χ4n) is 1.19. The highest BCUT2D eigenvalue weighted by molar-refractivity contribution is 5.51. The van der Waals surface area contributed by atoms with Gasteiger partial charge in [-0.15, -0.1) is 0 Å². The van der Waals surface area contributed by atoms with Crippen molar-refractivity contribution in [2.24, 2.45) is 0 Å². The molecule has 0 saturated carbocycles. The summed E-state index contributed by atoms with van der Waals surface area (Å²) in [6.45, 7) is 0. The summed E-state index contributed by atoms with van der Waals surface area (Å²) < 4.78 is 49.7. The van der Waals surface area contributed by atoms with Crippen LogP contribution in [0.3, 0.4) is 0 Å². The van der Waals surface area contributed by atoms with Crippen molar-refractivity contribution in [3.8, 4) is 0 Å². The van der Waals surface area contributed by atoms with Gasteiger partial charge in [0.15, 0.2) is 0 Å². The Balaban J connectivity index is 3.12. The number of benzene rings is 1. The molecule has 1 unspecified atom stereocenters. The van der Waals surface area contributed by atoms with Crippen LogP contribution in [-0.4, -0.2) is 11.4 Å². The second kappa shape index (κ2) is 4.61. The maximum absolute atomic E-state index is 12.8. The van der Waals surface area contributed by atoms with E-state index in [2.05, 4.69) is 0 Å². The standard InChI is InChI=1S/C10H8F4O2/c11-8-2-1-6(9(16)3-4-15)5-7(8)10(12,13)14/h1-2,4-5,9,16H,3H2. The zero-order chi connectivity index (χ0) is 12.3. The van der Waals surface area contributed by atoms with E-state index in [1.807, 2.05) is 0 Å². The Labute approximate surface area is 88.5 Å². The molecule has 0 aromatic heterocycles. The minimum absolute atomic E-state index is 0.138. The molecule has 1 aromatic rings. The first kappa shape index (κ1) is 12.6. The fourth-order valence-corrected chi connectivity index (χ4v) is 1.19. The van der Waals surface area contributed by atoms with Gasteiger partial charge in [0, 0.05) is 6.42 Å². The molecule has 1 rings (SSSR count). The molecule has 6 heteroatoms. The SMILES string of the molecule is O=CCC(O)c1ccc(F)c(C(F)(F)F)c1. The van der Waals surface area contributed by atoms with Crippen LogP contribution in [0.2, 0.25) is 0 Å².